The predicted octanol–water partition coefficient (Wildman–Crippen LogP) is 4.44. The van der Waals surface area contributed by atoms with E-state index in [2.05, 4.69) is 23.5 Å². The zero-order valence-electron chi connectivity index (χ0n) is 16.7. The highest BCUT2D eigenvalue weighted by molar-refractivity contribution is 6.30. The molecule has 4 nitrogen and oxygen atoms in total. The number of rotatable bonds is 8. The highest BCUT2D eigenvalue weighted by atomic mass is 35.5. The lowest BCUT2D eigenvalue weighted by molar-refractivity contribution is -0.143. The van der Waals surface area contributed by atoms with Crippen LogP contribution in [0.2, 0.25) is 5.02 Å². The van der Waals surface area contributed by atoms with Gasteiger partial charge in [0.25, 0.3) is 0 Å². The van der Waals surface area contributed by atoms with Crippen molar-refractivity contribution < 1.29 is 14.6 Å². The molecule has 158 valence electrons. The molecular weight excluding hydrogens is 409 g/mol. The maximum atomic E-state index is 11.6. The molecule has 0 fully saturated rings. The fraction of sp³-hybridized carbons (Fsp3) is 0.435. The maximum absolute atomic E-state index is 11.6. The van der Waals surface area contributed by atoms with Gasteiger partial charge >= 0.3 is 5.97 Å². The van der Waals surface area contributed by atoms with Crippen molar-refractivity contribution in [2.24, 2.45) is 0 Å². The van der Waals surface area contributed by atoms with Crippen LogP contribution in [-0.4, -0.2) is 30.3 Å². The first-order valence-electron chi connectivity index (χ1n) is 9.98. The van der Waals surface area contributed by atoms with Crippen LogP contribution in [0.1, 0.15) is 48.1 Å². The third-order valence-corrected chi connectivity index (χ3v) is 5.49. The summed E-state index contributed by atoms with van der Waals surface area (Å²) in [4.78, 5) is 11.6. The highest BCUT2D eigenvalue weighted by Gasteiger charge is 2.20. The Hall–Kier alpha value is -1.59. The monoisotopic (exact) mass is 437 g/mol. The second kappa shape index (κ2) is 11.6. The SMILES string of the molecule is CCOC(=O)CCc1ccc2c(c1)C[C@@H](NC[C@H](O)c1cccc(Cl)c1)CC2.Cl. The van der Waals surface area contributed by atoms with Crippen LogP contribution in [0.25, 0.3) is 0 Å². The number of halogens is 2. The molecule has 1 aliphatic rings. The van der Waals surface area contributed by atoms with E-state index in [1.54, 1.807) is 6.07 Å². The lowest BCUT2D eigenvalue weighted by atomic mass is 9.86. The first kappa shape index (κ1) is 23.7. The maximum Gasteiger partial charge on any atom is 0.306 e. The topological polar surface area (TPSA) is 58.6 Å². The summed E-state index contributed by atoms with van der Waals surface area (Å²) >= 11 is 6.01. The first-order chi connectivity index (χ1) is 13.5. The minimum atomic E-state index is -0.573. The molecule has 0 spiro atoms. The zero-order valence-corrected chi connectivity index (χ0v) is 18.3. The van der Waals surface area contributed by atoms with Crippen LogP contribution in [0.3, 0.4) is 0 Å². The number of esters is 1. The smallest absolute Gasteiger partial charge is 0.306 e. The summed E-state index contributed by atoms with van der Waals surface area (Å²) in [5, 5.41) is 14.6. The number of ether oxygens (including phenoxy) is 1. The Bertz CT molecular complexity index is 812. The van der Waals surface area contributed by atoms with Crippen LogP contribution in [0.4, 0.5) is 0 Å². The van der Waals surface area contributed by atoms with Gasteiger partial charge in [-0.15, -0.1) is 12.4 Å². The average Bonchev–Trinajstić information content (AvgIpc) is 2.70. The third kappa shape index (κ3) is 7.00. The molecule has 0 heterocycles. The summed E-state index contributed by atoms with van der Waals surface area (Å²) in [5.74, 6) is -0.144. The van der Waals surface area contributed by atoms with Crippen LogP contribution in [-0.2, 0) is 28.8 Å². The largest absolute Gasteiger partial charge is 0.466 e. The fourth-order valence-corrected chi connectivity index (χ4v) is 3.93. The van der Waals surface area contributed by atoms with E-state index < -0.39 is 6.10 Å². The quantitative estimate of drug-likeness (QED) is 0.599. The molecule has 2 aromatic carbocycles. The van der Waals surface area contributed by atoms with Crippen molar-refractivity contribution >= 4 is 30.0 Å². The van der Waals surface area contributed by atoms with Gasteiger partial charge in [-0.05, 0) is 67.0 Å². The molecule has 3 rings (SSSR count). The molecule has 0 saturated carbocycles. The molecule has 0 saturated heterocycles. The Balaban J connectivity index is 0.00000300. The van der Waals surface area contributed by atoms with Gasteiger partial charge in [0.2, 0.25) is 0 Å². The van der Waals surface area contributed by atoms with E-state index in [9.17, 15) is 9.90 Å². The number of fused-ring (bicyclic) bond motifs is 1. The molecule has 2 aromatic rings. The van der Waals surface area contributed by atoms with Gasteiger partial charge in [0.05, 0.1) is 12.7 Å². The van der Waals surface area contributed by atoms with Gasteiger partial charge in [-0.25, -0.2) is 0 Å². The Kier molecular flexibility index (Phi) is 9.44. The van der Waals surface area contributed by atoms with E-state index >= 15 is 0 Å². The Morgan fingerprint density at radius 2 is 2.10 bits per heavy atom. The lowest BCUT2D eigenvalue weighted by Gasteiger charge is -2.27. The highest BCUT2D eigenvalue weighted by Crippen LogP contribution is 2.24. The van der Waals surface area contributed by atoms with Crippen molar-refractivity contribution in [3.8, 4) is 0 Å². The number of hydrogen-bond donors (Lipinski definition) is 2. The number of aliphatic hydroxyl groups excluding tert-OH is 1. The van der Waals surface area contributed by atoms with Gasteiger partial charge in [0, 0.05) is 24.0 Å². The van der Waals surface area contributed by atoms with Crippen LogP contribution in [0, 0.1) is 0 Å². The molecule has 0 bridgehead atoms. The van der Waals surface area contributed by atoms with E-state index in [0.717, 1.165) is 24.8 Å². The second-order valence-electron chi connectivity index (χ2n) is 7.33. The molecule has 2 atom stereocenters. The number of nitrogens with one attached hydrogen (secondary N) is 1. The summed E-state index contributed by atoms with van der Waals surface area (Å²) < 4.78 is 5.01. The minimum Gasteiger partial charge on any atom is -0.466 e. The predicted molar refractivity (Wildman–Crippen MR) is 119 cm³/mol. The fourth-order valence-electron chi connectivity index (χ4n) is 3.73. The second-order valence-corrected chi connectivity index (χ2v) is 7.76. The third-order valence-electron chi connectivity index (χ3n) is 5.26. The van der Waals surface area contributed by atoms with Crippen molar-refractivity contribution in [2.45, 2.75) is 51.2 Å². The van der Waals surface area contributed by atoms with Crippen LogP contribution < -0.4 is 5.32 Å². The van der Waals surface area contributed by atoms with Gasteiger partial charge in [0.1, 0.15) is 0 Å². The Morgan fingerprint density at radius 1 is 1.28 bits per heavy atom. The number of hydrogen-bond acceptors (Lipinski definition) is 4. The molecule has 0 radical (unpaired) electrons. The lowest BCUT2D eigenvalue weighted by Crippen LogP contribution is -2.37. The molecule has 0 unspecified atom stereocenters. The molecule has 1 aliphatic carbocycles. The molecular formula is C23H29Cl2NO3. The number of carbonyl (C=O) groups excluding carboxylic acids is 1. The van der Waals surface area contributed by atoms with Crippen LogP contribution in [0.5, 0.6) is 0 Å². The number of benzene rings is 2. The summed E-state index contributed by atoms with van der Waals surface area (Å²) in [6, 6.07) is 14.2. The average molecular weight is 438 g/mol. The van der Waals surface area contributed by atoms with E-state index in [0.29, 0.717) is 37.1 Å². The Labute approximate surface area is 184 Å². The zero-order chi connectivity index (χ0) is 19.9. The van der Waals surface area contributed by atoms with Crippen molar-refractivity contribution in [1.29, 1.82) is 0 Å². The summed E-state index contributed by atoms with van der Waals surface area (Å²) in [7, 11) is 0. The van der Waals surface area contributed by atoms with Crippen LogP contribution >= 0.6 is 24.0 Å². The van der Waals surface area contributed by atoms with Gasteiger partial charge in [-0.1, -0.05) is 41.9 Å². The Morgan fingerprint density at radius 3 is 2.86 bits per heavy atom. The van der Waals surface area contributed by atoms with Gasteiger partial charge in [-0.2, -0.15) is 0 Å². The molecule has 6 heteroatoms. The van der Waals surface area contributed by atoms with Crippen molar-refractivity contribution in [3.05, 3.63) is 69.7 Å². The normalized spacial score (nSPS) is 16.4. The molecule has 0 amide bonds. The van der Waals surface area contributed by atoms with E-state index in [1.807, 2.05) is 25.1 Å². The van der Waals surface area contributed by atoms with Gasteiger partial charge in [0.15, 0.2) is 0 Å². The summed E-state index contributed by atoms with van der Waals surface area (Å²) in [6.45, 7) is 2.76. The molecule has 29 heavy (non-hydrogen) atoms. The standard InChI is InChI=1S/C23H28ClNO3.ClH/c1-2-28-23(27)11-7-16-6-8-17-9-10-21(14-19(17)12-16)25-15-22(26)18-4-3-5-20(24)13-18;/h3-6,8,12-13,21-22,25-26H,2,7,9-11,14-15H2,1H3;1H/t21-,22-;/m0./s1. The van der Waals surface area contributed by atoms with Gasteiger partial charge in [-0.3, -0.25) is 4.79 Å². The molecule has 2 N–H and O–H groups in total. The summed E-state index contributed by atoms with van der Waals surface area (Å²) in [5.41, 5.74) is 4.72. The first-order valence-corrected chi connectivity index (χ1v) is 10.4. The van der Waals surface area contributed by atoms with E-state index in [1.165, 1.54) is 16.7 Å². The van der Waals surface area contributed by atoms with Gasteiger partial charge < -0.3 is 15.2 Å². The van der Waals surface area contributed by atoms with Crippen LogP contribution in [0.15, 0.2) is 42.5 Å². The molecule has 0 aliphatic heterocycles. The van der Waals surface area contributed by atoms with Crippen molar-refractivity contribution in [3.63, 3.8) is 0 Å². The number of aryl methyl sites for hydroxylation is 2. The summed E-state index contributed by atoms with van der Waals surface area (Å²) in [6.07, 6.45) is 3.56. The van der Waals surface area contributed by atoms with Crippen molar-refractivity contribution in [2.75, 3.05) is 13.2 Å². The van der Waals surface area contributed by atoms with Crippen molar-refractivity contribution in [1.82, 2.24) is 5.32 Å². The number of aliphatic hydroxyl groups is 1. The molecule has 0 aromatic heterocycles. The number of carbonyl (C=O) groups is 1. The minimum absolute atomic E-state index is 0. The van der Waals surface area contributed by atoms with E-state index in [4.69, 9.17) is 16.3 Å². The van der Waals surface area contributed by atoms with E-state index in [-0.39, 0.29) is 18.4 Å².